The molecule has 0 bridgehead atoms. The van der Waals surface area contributed by atoms with Gasteiger partial charge in [-0.1, -0.05) is 250 Å². The third-order valence-corrected chi connectivity index (χ3v) is 11.7. The van der Waals surface area contributed by atoms with E-state index >= 15 is 0 Å². The molecule has 0 spiro atoms. The molecule has 0 amide bonds. The van der Waals surface area contributed by atoms with Gasteiger partial charge < -0.3 is 14.2 Å². The standard InChI is InChI=1S/C55H102O5/c1-4-7-10-13-16-19-22-24-26-28-29-31-34-36-39-42-45-48-54(56)59-52-53(60-55(57)49-46-43-40-37-33-21-18-15-12-9-6-3)51-58-50-47-44-41-38-35-32-30-27-25-23-20-17-14-11-8-5-2/h7,10,16,19,24,26,53H,4-6,8-9,11-15,17-18,20-23,25,27-52H2,1-3H3/b10-7-,19-16-,26-24-. The van der Waals surface area contributed by atoms with Crippen molar-refractivity contribution in [3.8, 4) is 0 Å². The van der Waals surface area contributed by atoms with E-state index in [0.29, 0.717) is 26.1 Å². The van der Waals surface area contributed by atoms with Gasteiger partial charge in [0, 0.05) is 19.4 Å². The predicted molar refractivity (Wildman–Crippen MR) is 261 cm³/mol. The third-order valence-electron chi connectivity index (χ3n) is 11.7. The van der Waals surface area contributed by atoms with E-state index < -0.39 is 6.10 Å². The molecule has 0 aromatic carbocycles. The third kappa shape index (κ3) is 48.8. The van der Waals surface area contributed by atoms with Gasteiger partial charge in [0.05, 0.1) is 6.61 Å². The van der Waals surface area contributed by atoms with E-state index in [-0.39, 0.29) is 18.5 Å². The Hall–Kier alpha value is -1.88. The van der Waals surface area contributed by atoms with E-state index in [4.69, 9.17) is 14.2 Å². The molecule has 5 nitrogen and oxygen atoms in total. The summed E-state index contributed by atoms with van der Waals surface area (Å²) >= 11 is 0. The minimum Gasteiger partial charge on any atom is -0.462 e. The zero-order valence-electron chi connectivity index (χ0n) is 40.5. The minimum atomic E-state index is -0.533. The molecule has 0 aliphatic heterocycles. The minimum absolute atomic E-state index is 0.0861. The van der Waals surface area contributed by atoms with Gasteiger partial charge in [-0.15, -0.1) is 0 Å². The first-order chi connectivity index (χ1) is 29.6. The van der Waals surface area contributed by atoms with Crippen LogP contribution in [0.25, 0.3) is 0 Å². The fraction of sp³-hybridized carbons (Fsp3) is 0.855. The van der Waals surface area contributed by atoms with E-state index in [1.54, 1.807) is 0 Å². The Morgan fingerprint density at radius 1 is 0.383 bits per heavy atom. The number of rotatable bonds is 49. The van der Waals surface area contributed by atoms with E-state index in [1.165, 1.54) is 180 Å². The summed E-state index contributed by atoms with van der Waals surface area (Å²) in [6.45, 7) is 7.75. The molecule has 0 aliphatic rings. The lowest BCUT2D eigenvalue weighted by Gasteiger charge is -2.18. The quantitative estimate of drug-likeness (QED) is 0.0347. The van der Waals surface area contributed by atoms with Crippen molar-refractivity contribution in [2.24, 2.45) is 0 Å². The summed E-state index contributed by atoms with van der Waals surface area (Å²) in [5.41, 5.74) is 0. The van der Waals surface area contributed by atoms with Crippen LogP contribution in [-0.2, 0) is 23.8 Å². The Labute approximate surface area is 374 Å². The molecule has 0 fully saturated rings. The number of unbranched alkanes of at least 4 members (excludes halogenated alkanes) is 32. The van der Waals surface area contributed by atoms with Crippen molar-refractivity contribution < 1.29 is 23.8 Å². The Morgan fingerprint density at radius 3 is 1.20 bits per heavy atom. The summed E-state index contributed by atoms with van der Waals surface area (Å²) in [4.78, 5) is 25.4. The molecule has 0 aromatic heterocycles. The van der Waals surface area contributed by atoms with Gasteiger partial charge in [-0.25, -0.2) is 0 Å². The number of carbonyl (C=O) groups excluding carboxylic acids is 2. The largest absolute Gasteiger partial charge is 0.462 e. The molecular formula is C55H102O5. The van der Waals surface area contributed by atoms with Crippen LogP contribution in [-0.4, -0.2) is 37.9 Å². The number of ether oxygens (including phenoxy) is 3. The second kappa shape index (κ2) is 51.5. The summed E-state index contributed by atoms with van der Waals surface area (Å²) in [6, 6.07) is 0. The first kappa shape index (κ1) is 58.1. The molecule has 60 heavy (non-hydrogen) atoms. The van der Waals surface area contributed by atoms with Crippen molar-refractivity contribution in [2.75, 3.05) is 19.8 Å². The Bertz CT molecular complexity index is 955. The molecule has 5 heteroatoms. The lowest BCUT2D eigenvalue weighted by molar-refractivity contribution is -0.163. The molecule has 0 N–H and O–H groups in total. The number of hydrogen-bond acceptors (Lipinski definition) is 5. The molecule has 0 aromatic rings. The van der Waals surface area contributed by atoms with Crippen LogP contribution in [0, 0.1) is 0 Å². The van der Waals surface area contributed by atoms with Crippen LogP contribution >= 0.6 is 0 Å². The van der Waals surface area contributed by atoms with Crippen LogP contribution in [0.2, 0.25) is 0 Å². The maximum atomic E-state index is 12.8. The molecule has 0 rings (SSSR count). The highest BCUT2D eigenvalue weighted by Crippen LogP contribution is 2.16. The van der Waals surface area contributed by atoms with Crippen LogP contribution in [0.5, 0.6) is 0 Å². The van der Waals surface area contributed by atoms with Crippen LogP contribution in [0.15, 0.2) is 36.5 Å². The van der Waals surface area contributed by atoms with Crippen LogP contribution in [0.1, 0.15) is 278 Å². The van der Waals surface area contributed by atoms with Gasteiger partial charge in [0.1, 0.15) is 6.61 Å². The lowest BCUT2D eigenvalue weighted by Crippen LogP contribution is -2.30. The first-order valence-electron chi connectivity index (χ1n) is 26.5. The van der Waals surface area contributed by atoms with E-state index in [2.05, 4.69) is 57.2 Å². The highest BCUT2D eigenvalue weighted by Gasteiger charge is 2.17. The molecule has 0 aliphatic carbocycles. The monoisotopic (exact) mass is 843 g/mol. The number of hydrogen-bond donors (Lipinski definition) is 0. The number of allylic oxidation sites excluding steroid dienone is 6. The maximum absolute atomic E-state index is 12.8. The summed E-state index contributed by atoms with van der Waals surface area (Å²) in [5.74, 6) is -0.393. The zero-order valence-corrected chi connectivity index (χ0v) is 40.5. The van der Waals surface area contributed by atoms with Crippen LogP contribution in [0.3, 0.4) is 0 Å². The van der Waals surface area contributed by atoms with Gasteiger partial charge in [0.2, 0.25) is 0 Å². The molecule has 0 saturated heterocycles. The van der Waals surface area contributed by atoms with Gasteiger partial charge in [-0.3, -0.25) is 9.59 Å². The van der Waals surface area contributed by atoms with Crippen molar-refractivity contribution in [3.63, 3.8) is 0 Å². The normalized spacial score (nSPS) is 12.4. The molecule has 0 heterocycles. The van der Waals surface area contributed by atoms with Crippen molar-refractivity contribution in [1.29, 1.82) is 0 Å². The molecular weight excluding hydrogens is 741 g/mol. The fourth-order valence-electron chi connectivity index (χ4n) is 7.76. The smallest absolute Gasteiger partial charge is 0.306 e. The van der Waals surface area contributed by atoms with Crippen molar-refractivity contribution in [1.82, 2.24) is 0 Å². The SMILES string of the molecule is CC/C=C\C/C=C\C/C=C\CCCCCCCCCC(=O)OCC(COCCCCCCCCCCCCCCCCCC)OC(=O)CCCCCCCCCCCCC. The fourth-order valence-corrected chi connectivity index (χ4v) is 7.76. The highest BCUT2D eigenvalue weighted by atomic mass is 16.6. The molecule has 1 unspecified atom stereocenters. The zero-order chi connectivity index (χ0) is 43.5. The van der Waals surface area contributed by atoms with E-state index in [0.717, 1.165) is 64.2 Å². The summed E-state index contributed by atoms with van der Waals surface area (Å²) < 4.78 is 17.4. The topological polar surface area (TPSA) is 61.8 Å². The molecule has 352 valence electrons. The molecule has 0 saturated carbocycles. The summed E-state index contributed by atoms with van der Waals surface area (Å²) in [6.07, 6.45) is 61.5. The average molecular weight is 843 g/mol. The average Bonchev–Trinajstić information content (AvgIpc) is 3.25. The predicted octanol–water partition coefficient (Wildman–Crippen LogP) is 17.8. The van der Waals surface area contributed by atoms with Crippen molar-refractivity contribution in [3.05, 3.63) is 36.5 Å². The Balaban J connectivity index is 4.20. The van der Waals surface area contributed by atoms with Gasteiger partial charge >= 0.3 is 11.9 Å². The lowest BCUT2D eigenvalue weighted by atomic mass is 10.0. The van der Waals surface area contributed by atoms with Crippen molar-refractivity contribution in [2.45, 2.75) is 284 Å². The van der Waals surface area contributed by atoms with Gasteiger partial charge in [-0.05, 0) is 51.4 Å². The molecule has 0 radical (unpaired) electrons. The van der Waals surface area contributed by atoms with E-state index in [9.17, 15) is 9.59 Å². The Morgan fingerprint density at radius 2 is 0.750 bits per heavy atom. The maximum Gasteiger partial charge on any atom is 0.306 e. The second-order valence-corrected chi connectivity index (χ2v) is 17.8. The van der Waals surface area contributed by atoms with Gasteiger partial charge in [0.15, 0.2) is 6.10 Å². The highest BCUT2D eigenvalue weighted by molar-refractivity contribution is 5.70. The first-order valence-corrected chi connectivity index (χ1v) is 26.5. The molecule has 1 atom stereocenters. The van der Waals surface area contributed by atoms with Crippen molar-refractivity contribution >= 4 is 11.9 Å². The van der Waals surface area contributed by atoms with Gasteiger partial charge in [0.25, 0.3) is 0 Å². The summed E-state index contributed by atoms with van der Waals surface area (Å²) in [5, 5.41) is 0. The van der Waals surface area contributed by atoms with E-state index in [1.807, 2.05) is 0 Å². The second-order valence-electron chi connectivity index (χ2n) is 17.8. The van der Waals surface area contributed by atoms with Crippen LogP contribution in [0.4, 0.5) is 0 Å². The summed E-state index contributed by atoms with van der Waals surface area (Å²) in [7, 11) is 0. The number of carbonyl (C=O) groups is 2. The number of esters is 2. The Kier molecular flexibility index (Phi) is 49.9. The van der Waals surface area contributed by atoms with Gasteiger partial charge in [-0.2, -0.15) is 0 Å². The van der Waals surface area contributed by atoms with Crippen LogP contribution < -0.4 is 0 Å².